The van der Waals surface area contributed by atoms with Crippen LogP contribution in [0.3, 0.4) is 0 Å². The Labute approximate surface area is 119 Å². The molecule has 4 nitrogen and oxygen atoms in total. The first kappa shape index (κ1) is 21.4. The summed E-state index contributed by atoms with van der Waals surface area (Å²) in [5, 5.41) is 0. The van der Waals surface area contributed by atoms with E-state index in [2.05, 4.69) is 32.2 Å². The molecule has 0 aliphatic heterocycles. The average Bonchev–Trinajstić information content (AvgIpc) is 2.30. The van der Waals surface area contributed by atoms with E-state index >= 15 is 0 Å². The van der Waals surface area contributed by atoms with Gasteiger partial charge in [-0.15, -0.1) is 0 Å². The van der Waals surface area contributed by atoms with E-state index in [4.69, 9.17) is 9.79 Å². The van der Waals surface area contributed by atoms with Gasteiger partial charge < -0.3 is 9.79 Å². The van der Waals surface area contributed by atoms with E-state index in [1.54, 1.807) is 0 Å². The van der Waals surface area contributed by atoms with Gasteiger partial charge in [0.15, 0.2) is 0 Å². The van der Waals surface area contributed by atoms with Crippen LogP contribution in [0.5, 0.6) is 0 Å². The summed E-state index contributed by atoms with van der Waals surface area (Å²) in [6.45, 7) is 8.94. The van der Waals surface area contributed by atoms with Crippen molar-refractivity contribution >= 4 is 7.82 Å². The monoisotopic (exact) mass is 296 g/mol. The van der Waals surface area contributed by atoms with Crippen molar-refractivity contribution < 1.29 is 18.9 Å². The minimum Gasteiger partial charge on any atom is -0.303 e. The van der Waals surface area contributed by atoms with E-state index in [1.807, 2.05) is 0 Å². The highest BCUT2D eigenvalue weighted by Crippen LogP contribution is 2.35. The van der Waals surface area contributed by atoms with Crippen LogP contribution in [0.15, 0.2) is 0 Å². The fourth-order valence-corrected chi connectivity index (χ4v) is 1.88. The quantitative estimate of drug-likeness (QED) is 0.444. The first-order chi connectivity index (χ1) is 8.83. The Morgan fingerprint density at radius 1 is 0.947 bits per heavy atom. The highest BCUT2D eigenvalue weighted by molar-refractivity contribution is 7.46. The number of hydrogen-bond acceptors (Lipinski definition) is 2. The number of rotatable bonds is 10. The van der Waals surface area contributed by atoms with Gasteiger partial charge >= 0.3 is 7.82 Å². The van der Waals surface area contributed by atoms with Crippen LogP contribution in [0.4, 0.5) is 0 Å². The minimum atomic E-state index is -4.23. The molecule has 0 aromatic carbocycles. The summed E-state index contributed by atoms with van der Waals surface area (Å²) in [6.07, 6.45) is 9.49. The summed E-state index contributed by atoms with van der Waals surface area (Å²) in [5.74, 6) is 0.697. The molecule has 0 aliphatic carbocycles. The highest BCUT2D eigenvalue weighted by Gasteiger charge is 2.12. The van der Waals surface area contributed by atoms with Crippen molar-refractivity contribution in [3.8, 4) is 0 Å². The zero-order chi connectivity index (χ0) is 15.1. The van der Waals surface area contributed by atoms with Gasteiger partial charge in [-0.3, -0.25) is 4.52 Å². The summed E-state index contributed by atoms with van der Waals surface area (Å²) < 4.78 is 14.5. The van der Waals surface area contributed by atoms with Crippen LogP contribution in [0.1, 0.15) is 79.1 Å². The van der Waals surface area contributed by atoms with Crippen LogP contribution >= 0.6 is 7.82 Å². The van der Waals surface area contributed by atoms with E-state index in [9.17, 15) is 4.57 Å². The van der Waals surface area contributed by atoms with Crippen LogP contribution in [-0.2, 0) is 9.09 Å². The molecular weight excluding hydrogens is 263 g/mol. The molecule has 5 heteroatoms. The molecule has 0 spiro atoms. The Morgan fingerprint density at radius 2 is 1.47 bits per heavy atom. The molecule has 0 bridgehead atoms. The van der Waals surface area contributed by atoms with Gasteiger partial charge in [-0.05, 0) is 12.3 Å². The zero-order valence-electron chi connectivity index (χ0n) is 13.1. The molecule has 0 saturated heterocycles. The smallest absolute Gasteiger partial charge is 0.303 e. The lowest BCUT2D eigenvalue weighted by Gasteiger charge is -2.05. The van der Waals surface area contributed by atoms with Crippen molar-refractivity contribution in [3.05, 3.63) is 0 Å². The van der Waals surface area contributed by atoms with E-state index < -0.39 is 7.82 Å². The van der Waals surface area contributed by atoms with Crippen molar-refractivity contribution in [1.82, 2.24) is 0 Å². The topological polar surface area (TPSA) is 66.8 Å². The molecular formula is C14H33O4P. The third-order valence-corrected chi connectivity index (χ3v) is 3.16. The Hall–Kier alpha value is 0.110. The van der Waals surface area contributed by atoms with Crippen LogP contribution in [0.25, 0.3) is 0 Å². The van der Waals surface area contributed by atoms with Crippen LogP contribution in [-0.4, -0.2) is 16.4 Å². The van der Waals surface area contributed by atoms with E-state index in [-0.39, 0.29) is 6.61 Å². The number of hydrogen-bond donors (Lipinski definition) is 2. The third kappa shape index (κ3) is 27.3. The zero-order valence-corrected chi connectivity index (χ0v) is 14.0. The molecule has 0 aromatic heterocycles. The lowest BCUT2D eigenvalue weighted by Crippen LogP contribution is -1.93. The predicted molar refractivity (Wildman–Crippen MR) is 81.1 cm³/mol. The van der Waals surface area contributed by atoms with Gasteiger partial charge in [0.05, 0.1) is 6.61 Å². The molecule has 0 unspecified atom stereocenters. The summed E-state index contributed by atoms with van der Waals surface area (Å²) in [4.78, 5) is 16.7. The fourth-order valence-electron chi connectivity index (χ4n) is 1.51. The maximum atomic E-state index is 10.2. The van der Waals surface area contributed by atoms with Gasteiger partial charge in [-0.25, -0.2) is 4.57 Å². The molecule has 0 saturated carbocycles. The lowest BCUT2D eigenvalue weighted by atomic mass is 10.1. The van der Waals surface area contributed by atoms with Gasteiger partial charge in [0, 0.05) is 0 Å². The first-order valence-electron chi connectivity index (χ1n) is 7.53. The summed E-state index contributed by atoms with van der Waals surface area (Å²) >= 11 is 0. The second kappa shape index (κ2) is 14.5. The second-order valence-electron chi connectivity index (χ2n) is 5.27. The van der Waals surface area contributed by atoms with Gasteiger partial charge in [-0.1, -0.05) is 72.6 Å². The lowest BCUT2D eigenvalue weighted by molar-refractivity contribution is 0.193. The maximum Gasteiger partial charge on any atom is 0.469 e. The minimum absolute atomic E-state index is 0.155. The van der Waals surface area contributed by atoms with Crippen molar-refractivity contribution in [2.45, 2.75) is 79.1 Å². The molecule has 0 aliphatic rings. The van der Waals surface area contributed by atoms with Crippen LogP contribution in [0.2, 0.25) is 0 Å². The summed E-state index contributed by atoms with van der Waals surface area (Å²) in [7, 11) is -4.23. The van der Waals surface area contributed by atoms with E-state index in [0.717, 1.165) is 25.7 Å². The average molecular weight is 296 g/mol. The number of phosphoric acid groups is 1. The Morgan fingerprint density at radius 3 is 1.84 bits per heavy atom. The summed E-state index contributed by atoms with van der Waals surface area (Å²) in [6, 6.07) is 0. The van der Waals surface area contributed by atoms with E-state index in [0.29, 0.717) is 5.92 Å². The first-order valence-corrected chi connectivity index (χ1v) is 9.06. The molecule has 0 rings (SSSR count). The molecule has 0 radical (unpaired) electrons. The number of phosphoric ester groups is 1. The Bertz CT molecular complexity index is 209. The largest absolute Gasteiger partial charge is 0.469 e. The molecule has 118 valence electrons. The number of unbranched alkanes of at least 4 members (excludes halogenated alkanes) is 5. The van der Waals surface area contributed by atoms with Gasteiger partial charge in [0.25, 0.3) is 0 Å². The Balaban J connectivity index is 0. The van der Waals surface area contributed by atoms with Crippen molar-refractivity contribution in [3.63, 3.8) is 0 Å². The summed E-state index contributed by atoms with van der Waals surface area (Å²) in [5.41, 5.74) is 0. The maximum absolute atomic E-state index is 10.2. The molecule has 0 heterocycles. The van der Waals surface area contributed by atoms with Gasteiger partial charge in [0.2, 0.25) is 0 Å². The second-order valence-corrected chi connectivity index (χ2v) is 6.51. The standard InChI is InChI=1S/C8H19O4P.C6H14/c1-8(2)6-4-3-5-7-12-13(9,10)11;1-3-5-6-4-2/h8H,3-7H2,1-2H3,(H2,9,10,11);3-6H2,1-2H3. The molecule has 2 N–H and O–H groups in total. The van der Waals surface area contributed by atoms with Crippen LogP contribution < -0.4 is 0 Å². The molecule has 0 amide bonds. The molecule has 19 heavy (non-hydrogen) atoms. The van der Waals surface area contributed by atoms with Gasteiger partial charge in [-0.2, -0.15) is 0 Å². The molecule has 0 fully saturated rings. The third-order valence-electron chi connectivity index (χ3n) is 2.64. The normalized spacial score (nSPS) is 11.3. The fraction of sp³-hybridized carbons (Fsp3) is 1.00. The Kier molecular flexibility index (Phi) is 16.4. The van der Waals surface area contributed by atoms with Crippen LogP contribution in [0, 0.1) is 5.92 Å². The molecule has 0 aromatic rings. The van der Waals surface area contributed by atoms with Gasteiger partial charge in [0.1, 0.15) is 0 Å². The highest BCUT2D eigenvalue weighted by atomic mass is 31.2. The molecule has 0 atom stereocenters. The predicted octanol–water partition coefficient (Wildman–Crippen LogP) is 4.90. The SMILES string of the molecule is CC(C)CCCCCOP(=O)(O)O.CCCCCC. The van der Waals surface area contributed by atoms with Crippen molar-refractivity contribution in [2.24, 2.45) is 5.92 Å². The van der Waals surface area contributed by atoms with Crippen molar-refractivity contribution in [1.29, 1.82) is 0 Å². The van der Waals surface area contributed by atoms with E-state index in [1.165, 1.54) is 25.7 Å². The van der Waals surface area contributed by atoms with Crippen molar-refractivity contribution in [2.75, 3.05) is 6.61 Å².